The number of hydrogen-bond donors (Lipinski definition) is 2. The van der Waals surface area contributed by atoms with Crippen LogP contribution in [-0.2, 0) is 9.47 Å². The van der Waals surface area contributed by atoms with Crippen LogP contribution < -0.4 is 5.32 Å². The van der Waals surface area contributed by atoms with Crippen molar-refractivity contribution in [3.05, 3.63) is 0 Å². The van der Waals surface area contributed by atoms with E-state index >= 15 is 0 Å². The molecule has 4 heteroatoms. The van der Waals surface area contributed by atoms with Gasteiger partial charge < -0.3 is 19.9 Å². The van der Waals surface area contributed by atoms with Gasteiger partial charge in [-0.15, -0.1) is 0 Å². The number of nitrogens with one attached hydrogen (secondary N) is 1. The second kappa shape index (κ2) is 5.66. The number of rotatable bonds is 5. The maximum atomic E-state index is 9.46. The zero-order valence-corrected chi connectivity index (χ0v) is 9.08. The maximum absolute atomic E-state index is 9.46. The topological polar surface area (TPSA) is 50.7 Å². The Hall–Kier alpha value is -0.160. The Morgan fingerprint density at radius 1 is 1.43 bits per heavy atom. The zero-order valence-electron chi connectivity index (χ0n) is 9.08. The summed E-state index contributed by atoms with van der Waals surface area (Å²) >= 11 is 0. The molecule has 0 aromatic carbocycles. The van der Waals surface area contributed by atoms with E-state index in [4.69, 9.17) is 9.47 Å². The normalized spacial score (nSPS) is 23.8. The highest BCUT2D eigenvalue weighted by Crippen LogP contribution is 2.05. The van der Waals surface area contributed by atoms with Crippen LogP contribution in [0.25, 0.3) is 0 Å². The number of ether oxygens (including phenoxy) is 2. The van der Waals surface area contributed by atoms with Gasteiger partial charge in [0.25, 0.3) is 0 Å². The van der Waals surface area contributed by atoms with Crippen LogP contribution in [0.5, 0.6) is 0 Å². The summed E-state index contributed by atoms with van der Waals surface area (Å²) in [5, 5.41) is 12.7. The summed E-state index contributed by atoms with van der Waals surface area (Å²) in [7, 11) is 0. The van der Waals surface area contributed by atoms with Gasteiger partial charge in [0, 0.05) is 6.54 Å². The first-order chi connectivity index (χ1) is 6.58. The molecule has 1 rings (SSSR count). The van der Waals surface area contributed by atoms with Crippen LogP contribution in [0.15, 0.2) is 0 Å². The SMILES string of the molecule is CC(C)(O)CCNCC1COCCO1. The second-order valence-corrected chi connectivity index (χ2v) is 4.33. The molecule has 0 bridgehead atoms. The first-order valence-electron chi connectivity index (χ1n) is 5.20. The van der Waals surface area contributed by atoms with Gasteiger partial charge in [-0.3, -0.25) is 0 Å². The molecule has 1 saturated heterocycles. The van der Waals surface area contributed by atoms with Crippen LogP contribution in [0, 0.1) is 0 Å². The van der Waals surface area contributed by atoms with Gasteiger partial charge in [0.15, 0.2) is 0 Å². The van der Waals surface area contributed by atoms with Crippen molar-refractivity contribution in [2.75, 3.05) is 32.9 Å². The highest BCUT2D eigenvalue weighted by atomic mass is 16.6. The largest absolute Gasteiger partial charge is 0.390 e. The maximum Gasteiger partial charge on any atom is 0.0933 e. The third-order valence-corrected chi connectivity index (χ3v) is 2.17. The zero-order chi connectivity index (χ0) is 10.4. The van der Waals surface area contributed by atoms with Gasteiger partial charge >= 0.3 is 0 Å². The van der Waals surface area contributed by atoms with Crippen LogP contribution in [0.1, 0.15) is 20.3 Å². The Bertz CT molecular complexity index is 150. The minimum atomic E-state index is -0.586. The summed E-state index contributed by atoms with van der Waals surface area (Å²) in [5.41, 5.74) is -0.586. The van der Waals surface area contributed by atoms with Crippen LogP contribution in [-0.4, -0.2) is 49.7 Å². The lowest BCUT2D eigenvalue weighted by Crippen LogP contribution is -2.38. The predicted molar refractivity (Wildman–Crippen MR) is 54.3 cm³/mol. The van der Waals surface area contributed by atoms with Crippen molar-refractivity contribution in [1.29, 1.82) is 0 Å². The molecule has 1 atom stereocenters. The van der Waals surface area contributed by atoms with Crippen molar-refractivity contribution in [3.63, 3.8) is 0 Å². The summed E-state index contributed by atoms with van der Waals surface area (Å²) in [4.78, 5) is 0. The van der Waals surface area contributed by atoms with Crippen LogP contribution in [0.3, 0.4) is 0 Å². The molecule has 1 aliphatic rings. The fourth-order valence-corrected chi connectivity index (χ4v) is 1.31. The quantitative estimate of drug-likeness (QED) is 0.625. The lowest BCUT2D eigenvalue weighted by Gasteiger charge is -2.24. The third kappa shape index (κ3) is 5.54. The van der Waals surface area contributed by atoms with E-state index < -0.39 is 5.60 Å². The highest BCUT2D eigenvalue weighted by Gasteiger charge is 2.15. The standard InChI is InChI=1S/C10H21NO3/c1-10(2,12)3-4-11-7-9-8-13-5-6-14-9/h9,11-12H,3-8H2,1-2H3. The Morgan fingerprint density at radius 2 is 2.21 bits per heavy atom. The average molecular weight is 203 g/mol. The lowest BCUT2D eigenvalue weighted by molar-refractivity contribution is -0.0865. The van der Waals surface area contributed by atoms with E-state index in [0.29, 0.717) is 19.8 Å². The van der Waals surface area contributed by atoms with Gasteiger partial charge in [0.05, 0.1) is 31.5 Å². The summed E-state index contributed by atoms with van der Waals surface area (Å²) in [6.45, 7) is 7.32. The highest BCUT2D eigenvalue weighted by molar-refractivity contribution is 4.69. The molecule has 1 aliphatic heterocycles. The van der Waals surface area contributed by atoms with E-state index in [0.717, 1.165) is 19.5 Å². The Morgan fingerprint density at radius 3 is 2.79 bits per heavy atom. The van der Waals surface area contributed by atoms with Gasteiger partial charge in [-0.2, -0.15) is 0 Å². The first kappa shape index (κ1) is 11.9. The molecular weight excluding hydrogens is 182 g/mol. The molecule has 0 aromatic rings. The minimum absolute atomic E-state index is 0.172. The molecule has 4 nitrogen and oxygen atoms in total. The molecule has 0 amide bonds. The van der Waals surface area contributed by atoms with Crippen molar-refractivity contribution >= 4 is 0 Å². The van der Waals surface area contributed by atoms with Gasteiger partial charge in [-0.1, -0.05) is 0 Å². The molecule has 0 spiro atoms. The van der Waals surface area contributed by atoms with Crippen molar-refractivity contribution in [2.45, 2.75) is 32.0 Å². The monoisotopic (exact) mass is 203 g/mol. The van der Waals surface area contributed by atoms with Gasteiger partial charge in [0.2, 0.25) is 0 Å². The van der Waals surface area contributed by atoms with E-state index in [-0.39, 0.29) is 6.10 Å². The summed E-state index contributed by atoms with van der Waals surface area (Å²) < 4.78 is 10.7. The smallest absolute Gasteiger partial charge is 0.0933 e. The van der Waals surface area contributed by atoms with Crippen molar-refractivity contribution in [2.24, 2.45) is 0 Å². The van der Waals surface area contributed by atoms with E-state index in [2.05, 4.69) is 5.32 Å². The van der Waals surface area contributed by atoms with Gasteiger partial charge in [-0.05, 0) is 26.8 Å². The summed E-state index contributed by atoms with van der Waals surface area (Å²) in [6.07, 6.45) is 0.922. The van der Waals surface area contributed by atoms with Crippen LogP contribution in [0.4, 0.5) is 0 Å². The molecule has 84 valence electrons. The summed E-state index contributed by atoms with van der Waals surface area (Å²) in [6, 6.07) is 0. The number of hydrogen-bond acceptors (Lipinski definition) is 4. The molecule has 0 aromatic heterocycles. The Labute approximate surface area is 85.6 Å². The second-order valence-electron chi connectivity index (χ2n) is 4.33. The van der Waals surface area contributed by atoms with Crippen molar-refractivity contribution in [3.8, 4) is 0 Å². The molecule has 1 unspecified atom stereocenters. The van der Waals surface area contributed by atoms with Crippen molar-refractivity contribution in [1.82, 2.24) is 5.32 Å². The van der Waals surface area contributed by atoms with E-state index in [9.17, 15) is 5.11 Å². The van der Waals surface area contributed by atoms with E-state index in [1.165, 1.54) is 0 Å². The lowest BCUT2D eigenvalue weighted by atomic mass is 10.1. The molecular formula is C10H21NO3. The molecule has 0 saturated carbocycles. The predicted octanol–water partition coefficient (Wildman–Crippen LogP) is 0.152. The van der Waals surface area contributed by atoms with Crippen molar-refractivity contribution < 1.29 is 14.6 Å². The van der Waals surface area contributed by atoms with Crippen LogP contribution >= 0.6 is 0 Å². The average Bonchev–Trinajstić information content (AvgIpc) is 2.13. The fraction of sp³-hybridized carbons (Fsp3) is 1.00. The molecule has 14 heavy (non-hydrogen) atoms. The Kier molecular flexibility index (Phi) is 4.81. The summed E-state index contributed by atoms with van der Waals surface area (Å²) in [5.74, 6) is 0. The molecule has 0 aliphatic carbocycles. The molecule has 2 N–H and O–H groups in total. The fourth-order valence-electron chi connectivity index (χ4n) is 1.31. The third-order valence-electron chi connectivity index (χ3n) is 2.17. The van der Waals surface area contributed by atoms with E-state index in [1.807, 2.05) is 13.8 Å². The van der Waals surface area contributed by atoms with Crippen LogP contribution in [0.2, 0.25) is 0 Å². The first-order valence-corrected chi connectivity index (χ1v) is 5.20. The molecule has 1 fully saturated rings. The minimum Gasteiger partial charge on any atom is -0.390 e. The number of aliphatic hydroxyl groups is 1. The molecule has 0 radical (unpaired) electrons. The van der Waals surface area contributed by atoms with E-state index in [1.54, 1.807) is 0 Å². The van der Waals surface area contributed by atoms with Gasteiger partial charge in [-0.25, -0.2) is 0 Å². The Balaban J connectivity index is 1.97. The molecule has 1 heterocycles. The van der Waals surface area contributed by atoms with Gasteiger partial charge in [0.1, 0.15) is 0 Å².